The Labute approximate surface area is 315 Å². The number of hydrogen-bond acceptors (Lipinski definition) is 3. The van der Waals surface area contributed by atoms with E-state index in [1.807, 2.05) is 22.7 Å². The van der Waals surface area contributed by atoms with Crippen LogP contribution in [-0.4, -0.2) is 0 Å². The number of nitrogens with zero attached hydrogens (tertiary/aromatic N) is 1. The summed E-state index contributed by atoms with van der Waals surface area (Å²) in [7, 11) is 0. The van der Waals surface area contributed by atoms with Crippen LogP contribution in [0.15, 0.2) is 188 Å². The lowest BCUT2D eigenvalue weighted by Gasteiger charge is -2.30. The molecular formula is C50H31NS2. The first-order valence-corrected chi connectivity index (χ1v) is 19.6. The van der Waals surface area contributed by atoms with E-state index >= 15 is 0 Å². The Morgan fingerprint density at radius 3 is 1.79 bits per heavy atom. The molecule has 3 heteroatoms. The number of thiophene rings is 2. The molecule has 0 saturated carbocycles. The van der Waals surface area contributed by atoms with Gasteiger partial charge in [-0.15, -0.1) is 22.7 Å². The van der Waals surface area contributed by atoms with Gasteiger partial charge in [-0.2, -0.15) is 0 Å². The van der Waals surface area contributed by atoms with E-state index < -0.39 is 0 Å². The maximum Gasteiger partial charge on any atom is 0.0546 e. The summed E-state index contributed by atoms with van der Waals surface area (Å²) in [6.45, 7) is 0. The van der Waals surface area contributed by atoms with E-state index in [0.717, 1.165) is 17.1 Å². The summed E-state index contributed by atoms with van der Waals surface area (Å²) < 4.78 is 5.27. The highest BCUT2D eigenvalue weighted by molar-refractivity contribution is 7.26. The van der Waals surface area contributed by atoms with Gasteiger partial charge in [0.1, 0.15) is 0 Å². The topological polar surface area (TPSA) is 3.24 Å². The molecule has 0 bridgehead atoms. The molecule has 0 N–H and O–H groups in total. The van der Waals surface area contributed by atoms with Crippen molar-refractivity contribution in [3.8, 4) is 22.3 Å². The van der Waals surface area contributed by atoms with Crippen LogP contribution in [0.3, 0.4) is 0 Å². The van der Waals surface area contributed by atoms with Gasteiger partial charge in [0.05, 0.1) is 11.4 Å². The molecule has 0 aliphatic carbocycles. The van der Waals surface area contributed by atoms with Crippen LogP contribution in [0.2, 0.25) is 0 Å². The molecule has 0 aliphatic heterocycles. The molecule has 0 fully saturated rings. The van der Waals surface area contributed by atoms with Gasteiger partial charge in [-0.05, 0) is 69.8 Å². The summed E-state index contributed by atoms with van der Waals surface area (Å²) in [5.41, 5.74) is 8.30. The molecule has 1 nitrogen and oxygen atoms in total. The van der Waals surface area contributed by atoms with Crippen molar-refractivity contribution in [2.45, 2.75) is 0 Å². The van der Waals surface area contributed by atoms with Crippen LogP contribution in [-0.2, 0) is 0 Å². The predicted molar refractivity (Wildman–Crippen MR) is 233 cm³/mol. The first kappa shape index (κ1) is 30.4. The van der Waals surface area contributed by atoms with E-state index in [0.29, 0.717) is 0 Å². The number of para-hydroxylation sites is 1. The number of anilines is 3. The summed E-state index contributed by atoms with van der Waals surface area (Å²) >= 11 is 3.75. The Hall–Kier alpha value is -6.26. The van der Waals surface area contributed by atoms with Crippen LogP contribution in [0, 0.1) is 0 Å². The largest absolute Gasteiger partial charge is 0.309 e. The normalized spacial score (nSPS) is 11.8. The molecule has 0 aliphatic rings. The van der Waals surface area contributed by atoms with Gasteiger partial charge in [0.2, 0.25) is 0 Å². The lowest BCUT2D eigenvalue weighted by Crippen LogP contribution is -2.12. The number of fused-ring (bicyclic) bond motifs is 9. The standard InChI is InChI=1S/C50H31NS2/c1-2-16-36-34(13-1)30-46(38-18-4-3-17-37(36)38)51(35-15-11-14-32(29-35)33-27-28-42-40-20-6-9-25-47(40)52-49(42)31-33)45-24-8-5-19-39(45)43-22-12-23-44-41-21-7-10-26-48(41)53-50(43)44/h1-31H. The Kier molecular flexibility index (Phi) is 6.97. The van der Waals surface area contributed by atoms with E-state index in [-0.39, 0.29) is 0 Å². The average molecular weight is 710 g/mol. The van der Waals surface area contributed by atoms with Gasteiger partial charge in [0.25, 0.3) is 0 Å². The fourth-order valence-corrected chi connectivity index (χ4v) is 10.6. The van der Waals surface area contributed by atoms with Crippen LogP contribution in [0.1, 0.15) is 0 Å². The lowest BCUT2D eigenvalue weighted by atomic mass is 9.96. The first-order valence-electron chi connectivity index (χ1n) is 18.0. The minimum atomic E-state index is 1.12. The average Bonchev–Trinajstić information content (AvgIpc) is 3.80. The zero-order chi connectivity index (χ0) is 34.9. The molecule has 2 aromatic heterocycles. The van der Waals surface area contributed by atoms with E-state index in [1.54, 1.807) is 0 Å². The zero-order valence-electron chi connectivity index (χ0n) is 28.7. The fourth-order valence-electron chi connectivity index (χ4n) is 8.21. The van der Waals surface area contributed by atoms with Gasteiger partial charge in [-0.1, -0.05) is 146 Å². The minimum absolute atomic E-state index is 1.12. The van der Waals surface area contributed by atoms with Gasteiger partial charge in [-0.3, -0.25) is 0 Å². The van der Waals surface area contributed by atoms with Crippen molar-refractivity contribution in [1.82, 2.24) is 0 Å². The Bertz CT molecular complexity index is 3200. The quantitative estimate of drug-likeness (QED) is 0.161. The van der Waals surface area contributed by atoms with Crippen molar-refractivity contribution in [2.75, 3.05) is 4.90 Å². The lowest BCUT2D eigenvalue weighted by molar-refractivity contribution is 1.30. The van der Waals surface area contributed by atoms with Crippen molar-refractivity contribution < 1.29 is 0 Å². The summed E-state index contributed by atoms with van der Waals surface area (Å²) in [4.78, 5) is 2.50. The Morgan fingerprint density at radius 2 is 0.925 bits per heavy atom. The maximum absolute atomic E-state index is 2.50. The molecule has 0 amide bonds. The van der Waals surface area contributed by atoms with Crippen molar-refractivity contribution in [1.29, 1.82) is 0 Å². The zero-order valence-corrected chi connectivity index (χ0v) is 30.3. The van der Waals surface area contributed by atoms with Gasteiger partial charge >= 0.3 is 0 Å². The van der Waals surface area contributed by atoms with Crippen molar-refractivity contribution in [3.63, 3.8) is 0 Å². The van der Waals surface area contributed by atoms with Crippen molar-refractivity contribution in [2.24, 2.45) is 0 Å². The highest BCUT2D eigenvalue weighted by Crippen LogP contribution is 2.48. The molecule has 11 aromatic rings. The Morgan fingerprint density at radius 1 is 0.321 bits per heavy atom. The highest BCUT2D eigenvalue weighted by atomic mass is 32.1. The molecule has 0 unspecified atom stereocenters. The smallest absolute Gasteiger partial charge is 0.0546 e. The second-order valence-electron chi connectivity index (χ2n) is 13.7. The van der Waals surface area contributed by atoms with Crippen LogP contribution in [0.25, 0.3) is 84.1 Å². The van der Waals surface area contributed by atoms with E-state index in [9.17, 15) is 0 Å². The first-order chi connectivity index (χ1) is 26.3. The number of hydrogen-bond donors (Lipinski definition) is 0. The summed E-state index contributed by atoms with van der Waals surface area (Å²) in [5, 5.41) is 10.2. The highest BCUT2D eigenvalue weighted by Gasteiger charge is 2.22. The number of rotatable bonds is 5. The van der Waals surface area contributed by atoms with E-state index in [4.69, 9.17) is 0 Å². The molecule has 53 heavy (non-hydrogen) atoms. The van der Waals surface area contributed by atoms with Gasteiger partial charge in [0.15, 0.2) is 0 Å². The minimum Gasteiger partial charge on any atom is -0.309 e. The third kappa shape index (κ3) is 4.89. The van der Waals surface area contributed by atoms with Crippen molar-refractivity contribution in [3.05, 3.63) is 188 Å². The molecule has 0 spiro atoms. The van der Waals surface area contributed by atoms with Crippen LogP contribution in [0.5, 0.6) is 0 Å². The molecule has 11 rings (SSSR count). The predicted octanol–water partition coefficient (Wildman–Crippen LogP) is 15.5. The van der Waals surface area contributed by atoms with E-state index in [2.05, 4.69) is 193 Å². The summed E-state index contributed by atoms with van der Waals surface area (Å²) in [5.74, 6) is 0. The van der Waals surface area contributed by atoms with Crippen LogP contribution >= 0.6 is 22.7 Å². The molecule has 9 aromatic carbocycles. The third-order valence-corrected chi connectivity index (χ3v) is 13.0. The second-order valence-corrected chi connectivity index (χ2v) is 15.8. The molecule has 248 valence electrons. The van der Waals surface area contributed by atoms with Crippen LogP contribution in [0.4, 0.5) is 17.1 Å². The Balaban J connectivity index is 1.17. The van der Waals surface area contributed by atoms with Gasteiger partial charge < -0.3 is 4.90 Å². The molecule has 2 heterocycles. The van der Waals surface area contributed by atoms with Crippen molar-refractivity contribution >= 4 is 102 Å². The summed E-state index contributed by atoms with van der Waals surface area (Å²) in [6, 6.07) is 69.3. The van der Waals surface area contributed by atoms with Crippen LogP contribution < -0.4 is 4.90 Å². The molecular weight excluding hydrogens is 679 g/mol. The molecule has 0 saturated heterocycles. The number of benzene rings is 9. The summed E-state index contributed by atoms with van der Waals surface area (Å²) in [6.07, 6.45) is 0. The fraction of sp³-hybridized carbons (Fsp3) is 0. The third-order valence-electron chi connectivity index (χ3n) is 10.6. The molecule has 0 radical (unpaired) electrons. The van der Waals surface area contributed by atoms with E-state index in [1.165, 1.54) is 84.1 Å². The van der Waals surface area contributed by atoms with Gasteiger partial charge in [-0.25, -0.2) is 0 Å². The maximum atomic E-state index is 2.50. The second kappa shape index (κ2) is 12.2. The SMILES string of the molecule is c1cc(-c2ccc3c(c2)sc2ccccc23)cc(N(c2ccccc2-c2cccc3c2sc2ccccc23)c2cc3ccccc3c3ccccc23)c1. The molecule has 0 atom stereocenters. The monoisotopic (exact) mass is 709 g/mol. The van der Waals surface area contributed by atoms with Gasteiger partial charge in [0, 0.05) is 62.5 Å².